The highest BCUT2D eigenvalue weighted by atomic mass is 28.4. The van der Waals surface area contributed by atoms with Crippen molar-refractivity contribution >= 4 is 34.6 Å². The van der Waals surface area contributed by atoms with E-state index in [2.05, 4.69) is 31.2 Å². The van der Waals surface area contributed by atoms with E-state index in [0.29, 0.717) is 30.1 Å². The van der Waals surface area contributed by atoms with Gasteiger partial charge in [-0.05, 0) is 37.6 Å². The molecule has 0 bridgehead atoms. The van der Waals surface area contributed by atoms with Gasteiger partial charge in [-0.2, -0.15) is 0 Å². The second-order valence-electron chi connectivity index (χ2n) is 8.99. The van der Waals surface area contributed by atoms with Crippen LogP contribution in [-0.2, 0) is 27.9 Å². The molecule has 0 radical (unpaired) electrons. The molecule has 0 amide bonds. The Labute approximate surface area is 235 Å². The van der Waals surface area contributed by atoms with Crippen molar-refractivity contribution in [2.45, 2.75) is 78.1 Å². The number of benzene rings is 2. The first-order chi connectivity index (χ1) is 18.4. The summed E-state index contributed by atoms with van der Waals surface area (Å²) in [5.41, 5.74) is 0. The SMILES string of the molecule is CCCCCCCC(OCC)C(OCC)(OCC)C(=O)[SiH3].CO[Si](OC)(c1ccccc1)c1ccccc1. The largest absolute Gasteiger partial charge is 0.406 e. The minimum absolute atomic E-state index is 0.0261. The monoisotopic (exact) mass is 562 g/mol. The Morgan fingerprint density at radius 3 is 1.61 bits per heavy atom. The topological polar surface area (TPSA) is 63.2 Å². The maximum absolute atomic E-state index is 12.2. The molecule has 2 rings (SSSR count). The van der Waals surface area contributed by atoms with Crippen LogP contribution in [0.4, 0.5) is 0 Å². The molecule has 2 aromatic rings. The zero-order valence-electron chi connectivity index (χ0n) is 24.7. The first kappa shape index (κ1) is 34.4. The number of carbonyl (C=O) groups excluding carboxylic acids is 1. The molecule has 0 fully saturated rings. The van der Waals surface area contributed by atoms with E-state index in [0.717, 1.165) is 23.2 Å². The minimum Gasteiger partial charge on any atom is -0.391 e. The van der Waals surface area contributed by atoms with E-state index in [9.17, 15) is 4.79 Å². The average Bonchev–Trinajstić information content (AvgIpc) is 2.94. The van der Waals surface area contributed by atoms with Gasteiger partial charge in [-0.1, -0.05) is 99.7 Å². The zero-order chi connectivity index (χ0) is 28.3. The molecule has 0 saturated carbocycles. The van der Waals surface area contributed by atoms with Gasteiger partial charge in [0.05, 0.1) is 10.2 Å². The van der Waals surface area contributed by atoms with Crippen molar-refractivity contribution < 1.29 is 27.9 Å². The Hall–Kier alpha value is -1.66. The second-order valence-corrected chi connectivity index (χ2v) is 13.1. The molecule has 38 heavy (non-hydrogen) atoms. The van der Waals surface area contributed by atoms with E-state index < -0.39 is 14.3 Å². The first-order valence-electron chi connectivity index (χ1n) is 14.0. The van der Waals surface area contributed by atoms with E-state index in [1.165, 1.54) is 25.7 Å². The molecule has 0 saturated heterocycles. The smallest absolute Gasteiger partial charge is 0.391 e. The molecule has 0 heterocycles. The number of hydrogen-bond donors (Lipinski definition) is 0. The van der Waals surface area contributed by atoms with Gasteiger partial charge in [0.1, 0.15) is 6.10 Å². The summed E-state index contributed by atoms with van der Waals surface area (Å²) < 4.78 is 28.9. The van der Waals surface area contributed by atoms with Crippen LogP contribution in [0.3, 0.4) is 0 Å². The summed E-state index contributed by atoms with van der Waals surface area (Å²) >= 11 is 0. The zero-order valence-corrected chi connectivity index (χ0v) is 27.7. The van der Waals surface area contributed by atoms with Gasteiger partial charge in [0, 0.05) is 34.0 Å². The lowest BCUT2D eigenvalue weighted by Gasteiger charge is -2.37. The highest BCUT2D eigenvalue weighted by Gasteiger charge is 2.45. The molecule has 6 nitrogen and oxygen atoms in total. The van der Waals surface area contributed by atoms with Crippen LogP contribution in [0.25, 0.3) is 0 Å². The molecule has 214 valence electrons. The van der Waals surface area contributed by atoms with Crippen LogP contribution >= 0.6 is 0 Å². The quantitative estimate of drug-likeness (QED) is 0.156. The number of ether oxygens (including phenoxy) is 3. The number of unbranched alkanes of at least 4 members (excludes halogenated alkanes) is 4. The fourth-order valence-corrected chi connectivity index (χ4v) is 7.96. The summed E-state index contributed by atoms with van der Waals surface area (Å²) in [6.45, 7) is 9.41. The molecule has 0 aliphatic rings. The van der Waals surface area contributed by atoms with Crippen molar-refractivity contribution in [2.75, 3.05) is 34.0 Å². The molecule has 1 atom stereocenters. The predicted molar refractivity (Wildman–Crippen MR) is 162 cm³/mol. The minimum atomic E-state index is -2.50. The van der Waals surface area contributed by atoms with Gasteiger partial charge in [-0.3, -0.25) is 0 Å². The molecule has 2 aromatic carbocycles. The lowest BCUT2D eigenvalue weighted by atomic mass is 10.0. The summed E-state index contributed by atoms with van der Waals surface area (Å²) in [6.07, 6.45) is 6.46. The van der Waals surface area contributed by atoms with Crippen LogP contribution in [0.5, 0.6) is 0 Å². The van der Waals surface area contributed by atoms with Gasteiger partial charge in [0.25, 0.3) is 0 Å². The van der Waals surface area contributed by atoms with Gasteiger partial charge < -0.3 is 27.9 Å². The highest BCUT2D eigenvalue weighted by molar-refractivity contribution is 6.92. The highest BCUT2D eigenvalue weighted by Crippen LogP contribution is 2.26. The lowest BCUT2D eigenvalue weighted by molar-refractivity contribution is -0.267. The molecule has 0 aliphatic carbocycles. The maximum atomic E-state index is 12.2. The van der Waals surface area contributed by atoms with Gasteiger partial charge in [0.2, 0.25) is 5.79 Å². The average molecular weight is 563 g/mol. The third-order valence-electron chi connectivity index (χ3n) is 6.45. The summed E-state index contributed by atoms with van der Waals surface area (Å²) in [5, 5.41) is 2.27. The second kappa shape index (κ2) is 19.4. The van der Waals surface area contributed by atoms with Crippen LogP contribution in [-0.4, -0.2) is 70.1 Å². The molecular weight excluding hydrogens is 512 g/mol. The molecule has 0 aromatic heterocycles. The first-order valence-corrected chi connectivity index (χ1v) is 16.9. The van der Waals surface area contributed by atoms with E-state index in [1.807, 2.05) is 57.2 Å². The van der Waals surface area contributed by atoms with Crippen LogP contribution in [0.15, 0.2) is 60.7 Å². The van der Waals surface area contributed by atoms with Crippen molar-refractivity contribution in [1.82, 2.24) is 0 Å². The Bertz CT molecular complexity index is 814. The Kier molecular flexibility index (Phi) is 17.6. The van der Waals surface area contributed by atoms with Crippen LogP contribution in [0.2, 0.25) is 0 Å². The number of rotatable bonds is 18. The van der Waals surface area contributed by atoms with Gasteiger partial charge in [-0.15, -0.1) is 0 Å². The fourth-order valence-electron chi connectivity index (χ4n) is 4.64. The third kappa shape index (κ3) is 9.82. The fraction of sp³-hybridized carbons (Fsp3) is 0.567. The lowest BCUT2D eigenvalue weighted by Crippen LogP contribution is -2.62. The van der Waals surface area contributed by atoms with Crippen molar-refractivity contribution in [2.24, 2.45) is 0 Å². The van der Waals surface area contributed by atoms with Crippen molar-refractivity contribution in [3.8, 4) is 0 Å². The van der Waals surface area contributed by atoms with E-state index in [-0.39, 0.29) is 11.5 Å². The molecule has 1 unspecified atom stereocenters. The van der Waals surface area contributed by atoms with Crippen LogP contribution in [0, 0.1) is 0 Å². The van der Waals surface area contributed by atoms with Crippen molar-refractivity contribution in [1.29, 1.82) is 0 Å². The summed E-state index contributed by atoms with van der Waals surface area (Å²) in [5.74, 6) is -1.18. The molecule has 8 heteroatoms. The predicted octanol–water partition coefficient (Wildman–Crippen LogP) is 3.95. The van der Waals surface area contributed by atoms with E-state index >= 15 is 0 Å². The Morgan fingerprint density at radius 1 is 0.763 bits per heavy atom. The van der Waals surface area contributed by atoms with Gasteiger partial charge in [0.15, 0.2) is 5.41 Å². The number of carbonyl (C=O) groups is 1. The summed E-state index contributed by atoms with van der Waals surface area (Å²) in [7, 11) is 1.34. The number of hydrogen-bond acceptors (Lipinski definition) is 6. The third-order valence-corrected chi connectivity index (χ3v) is 10.5. The van der Waals surface area contributed by atoms with Crippen LogP contribution < -0.4 is 10.4 Å². The Morgan fingerprint density at radius 2 is 1.24 bits per heavy atom. The molecule has 0 aliphatic heterocycles. The summed E-state index contributed by atoms with van der Waals surface area (Å²) in [4.78, 5) is 12.2. The summed E-state index contributed by atoms with van der Waals surface area (Å²) in [6, 6.07) is 20.3. The molecular formula is C30H50O6Si2. The van der Waals surface area contributed by atoms with E-state index in [1.54, 1.807) is 14.2 Å². The molecule has 0 spiro atoms. The van der Waals surface area contributed by atoms with Gasteiger partial charge in [-0.25, -0.2) is 0 Å². The van der Waals surface area contributed by atoms with Crippen molar-refractivity contribution in [3.05, 3.63) is 60.7 Å². The van der Waals surface area contributed by atoms with Crippen molar-refractivity contribution in [3.63, 3.8) is 0 Å². The molecule has 0 N–H and O–H groups in total. The maximum Gasteiger partial charge on any atom is 0.406 e. The van der Waals surface area contributed by atoms with E-state index in [4.69, 9.17) is 23.1 Å². The Balaban J connectivity index is 0.000000386. The van der Waals surface area contributed by atoms with Crippen LogP contribution in [0.1, 0.15) is 66.2 Å². The standard InChI is InChI=1S/C16H34O4Si.C14H16O2Si/c1-5-9-10-11-12-13-14(18-6-2)16(15(17)21,19-7-3)20-8-4;1-15-17(16-2,13-9-5-3-6-10-13)14-11-7-4-8-12-14/h14H,5-13H2,1-4,21H3;3-12H,1-2H3. The normalized spacial score (nSPS) is 12.6. The van der Waals surface area contributed by atoms with Gasteiger partial charge >= 0.3 is 8.56 Å².